The second-order valence-electron chi connectivity index (χ2n) is 5.10. The van der Waals surface area contributed by atoms with Crippen molar-refractivity contribution in [3.05, 3.63) is 42.2 Å². The molecule has 0 amide bonds. The maximum absolute atomic E-state index is 4.36. The van der Waals surface area contributed by atoms with Crippen LogP contribution >= 0.6 is 0 Å². The maximum Gasteiger partial charge on any atom is 0.0346 e. The molecule has 2 nitrogen and oxygen atoms in total. The summed E-state index contributed by atoms with van der Waals surface area (Å²) in [6.07, 6.45) is 8.77. The number of nitrogens with one attached hydrogen (secondary N) is 1. The first-order chi connectivity index (χ1) is 9.35. The molecule has 0 aliphatic rings. The van der Waals surface area contributed by atoms with Gasteiger partial charge in [-0.15, -0.1) is 0 Å². The molecule has 0 radical (unpaired) electrons. The summed E-state index contributed by atoms with van der Waals surface area (Å²) in [6.45, 7) is 5.49. The summed E-state index contributed by atoms with van der Waals surface area (Å²) in [4.78, 5) is 4.36. The lowest BCUT2D eigenvalue weighted by molar-refractivity contribution is 0.460. The van der Waals surface area contributed by atoms with E-state index in [-0.39, 0.29) is 0 Å². The number of rotatable bonds is 7. The first-order valence-corrected chi connectivity index (χ1v) is 7.40. The van der Waals surface area contributed by atoms with Gasteiger partial charge in [0, 0.05) is 23.8 Å². The molecule has 2 aromatic rings. The van der Waals surface area contributed by atoms with Gasteiger partial charge in [-0.05, 0) is 36.8 Å². The topological polar surface area (TPSA) is 24.9 Å². The fraction of sp³-hybridized carbons (Fsp3) is 0.471. The highest BCUT2D eigenvalue weighted by atomic mass is 14.9. The molecule has 2 rings (SSSR count). The number of pyridine rings is 1. The van der Waals surface area contributed by atoms with E-state index in [1.54, 1.807) is 0 Å². The minimum absolute atomic E-state index is 0.633. The van der Waals surface area contributed by atoms with E-state index in [0.29, 0.717) is 6.04 Å². The van der Waals surface area contributed by atoms with E-state index < -0.39 is 0 Å². The minimum atomic E-state index is 0.633. The third-order valence-corrected chi connectivity index (χ3v) is 3.64. The van der Waals surface area contributed by atoms with E-state index in [0.717, 1.165) is 13.0 Å². The number of nitrogens with zero attached hydrogens (tertiary/aromatic N) is 1. The maximum atomic E-state index is 4.36. The Morgan fingerprint density at radius 3 is 2.74 bits per heavy atom. The van der Waals surface area contributed by atoms with Gasteiger partial charge in [-0.1, -0.05) is 44.5 Å². The molecule has 102 valence electrons. The van der Waals surface area contributed by atoms with Crippen molar-refractivity contribution in [2.45, 2.75) is 45.6 Å². The first-order valence-electron chi connectivity index (χ1n) is 7.40. The van der Waals surface area contributed by atoms with Gasteiger partial charge < -0.3 is 5.32 Å². The van der Waals surface area contributed by atoms with Crippen molar-refractivity contribution in [3.63, 3.8) is 0 Å². The van der Waals surface area contributed by atoms with Crippen LogP contribution in [0.4, 0.5) is 0 Å². The predicted octanol–water partition coefficient (Wildman–Crippen LogP) is 3.95. The number of hydrogen-bond donors (Lipinski definition) is 1. The van der Waals surface area contributed by atoms with Gasteiger partial charge in [0.2, 0.25) is 0 Å². The summed E-state index contributed by atoms with van der Waals surface area (Å²) in [5.74, 6) is 0. The van der Waals surface area contributed by atoms with Gasteiger partial charge >= 0.3 is 0 Å². The highest BCUT2D eigenvalue weighted by Gasteiger charge is 2.08. The van der Waals surface area contributed by atoms with Gasteiger partial charge in [-0.3, -0.25) is 4.98 Å². The van der Waals surface area contributed by atoms with E-state index in [2.05, 4.69) is 48.4 Å². The van der Waals surface area contributed by atoms with Crippen LogP contribution in [0.3, 0.4) is 0 Å². The lowest BCUT2D eigenvalue weighted by atomic mass is 9.99. The number of benzene rings is 1. The lowest BCUT2D eigenvalue weighted by Gasteiger charge is -2.17. The normalized spacial score (nSPS) is 12.7. The Hall–Kier alpha value is -1.41. The second kappa shape index (κ2) is 7.25. The molecule has 1 N–H and O–H groups in total. The standard InChI is InChI=1S/C17H24N2/c1-3-7-16(19-4-2)11-10-15-13-18-12-14-8-5-6-9-17(14)15/h5-6,8-9,12-13,16,19H,3-4,7,10-11H2,1-2H3. The van der Waals surface area contributed by atoms with Crippen LogP contribution in [0.25, 0.3) is 10.8 Å². The van der Waals surface area contributed by atoms with Gasteiger partial charge in [0.05, 0.1) is 0 Å². The molecule has 0 aliphatic heterocycles. The summed E-state index contributed by atoms with van der Waals surface area (Å²) in [7, 11) is 0. The minimum Gasteiger partial charge on any atom is -0.314 e. The van der Waals surface area contributed by atoms with Crippen molar-refractivity contribution >= 4 is 10.8 Å². The fourth-order valence-electron chi connectivity index (χ4n) is 2.69. The average molecular weight is 256 g/mol. The highest BCUT2D eigenvalue weighted by Crippen LogP contribution is 2.19. The molecule has 2 heteroatoms. The van der Waals surface area contributed by atoms with Gasteiger partial charge in [0.15, 0.2) is 0 Å². The van der Waals surface area contributed by atoms with E-state index in [1.165, 1.54) is 35.6 Å². The largest absolute Gasteiger partial charge is 0.314 e. The fourth-order valence-corrected chi connectivity index (χ4v) is 2.69. The van der Waals surface area contributed by atoms with Gasteiger partial charge in [0.1, 0.15) is 0 Å². The van der Waals surface area contributed by atoms with Crippen LogP contribution in [0.5, 0.6) is 0 Å². The van der Waals surface area contributed by atoms with Crippen LogP contribution in [0.2, 0.25) is 0 Å². The molecule has 19 heavy (non-hydrogen) atoms. The smallest absolute Gasteiger partial charge is 0.0346 e. The molecule has 0 saturated carbocycles. The summed E-state index contributed by atoms with van der Waals surface area (Å²) in [5.41, 5.74) is 1.37. The van der Waals surface area contributed by atoms with Crippen molar-refractivity contribution in [3.8, 4) is 0 Å². The van der Waals surface area contributed by atoms with Crippen molar-refractivity contribution in [2.75, 3.05) is 6.54 Å². The van der Waals surface area contributed by atoms with Gasteiger partial charge in [0.25, 0.3) is 0 Å². The molecule has 0 fully saturated rings. The van der Waals surface area contributed by atoms with E-state index in [4.69, 9.17) is 0 Å². The summed E-state index contributed by atoms with van der Waals surface area (Å²) < 4.78 is 0. The third kappa shape index (κ3) is 3.77. The summed E-state index contributed by atoms with van der Waals surface area (Å²) in [6, 6.07) is 9.16. The van der Waals surface area contributed by atoms with Crippen molar-refractivity contribution in [1.82, 2.24) is 10.3 Å². The predicted molar refractivity (Wildman–Crippen MR) is 82.4 cm³/mol. The molecular weight excluding hydrogens is 232 g/mol. The second-order valence-corrected chi connectivity index (χ2v) is 5.10. The molecule has 0 spiro atoms. The lowest BCUT2D eigenvalue weighted by Crippen LogP contribution is -2.29. The van der Waals surface area contributed by atoms with Crippen LogP contribution in [-0.4, -0.2) is 17.6 Å². The Bertz CT molecular complexity index is 496. The van der Waals surface area contributed by atoms with Crippen LogP contribution in [0.15, 0.2) is 36.7 Å². The van der Waals surface area contributed by atoms with Crippen LogP contribution in [-0.2, 0) is 6.42 Å². The Morgan fingerprint density at radius 2 is 1.95 bits per heavy atom. The highest BCUT2D eigenvalue weighted by molar-refractivity contribution is 5.84. The SMILES string of the molecule is CCCC(CCc1cncc2ccccc12)NCC. The molecule has 1 atom stereocenters. The first kappa shape index (κ1) is 14.0. The molecule has 0 bridgehead atoms. The summed E-state index contributed by atoms with van der Waals surface area (Å²) >= 11 is 0. The monoisotopic (exact) mass is 256 g/mol. The van der Waals surface area contributed by atoms with Gasteiger partial charge in [-0.25, -0.2) is 0 Å². The quantitative estimate of drug-likeness (QED) is 0.811. The van der Waals surface area contributed by atoms with E-state index in [9.17, 15) is 0 Å². The zero-order chi connectivity index (χ0) is 13.5. The third-order valence-electron chi connectivity index (χ3n) is 3.64. The Balaban J connectivity index is 2.08. The van der Waals surface area contributed by atoms with Crippen molar-refractivity contribution in [1.29, 1.82) is 0 Å². The molecule has 1 aromatic carbocycles. The number of aromatic nitrogens is 1. The van der Waals surface area contributed by atoms with Gasteiger partial charge in [-0.2, -0.15) is 0 Å². The number of fused-ring (bicyclic) bond motifs is 1. The summed E-state index contributed by atoms with van der Waals surface area (Å²) in [5, 5.41) is 6.18. The average Bonchev–Trinajstić information content (AvgIpc) is 2.45. The number of hydrogen-bond acceptors (Lipinski definition) is 2. The van der Waals surface area contributed by atoms with Crippen LogP contribution in [0, 0.1) is 0 Å². The van der Waals surface area contributed by atoms with Crippen LogP contribution in [0.1, 0.15) is 38.7 Å². The molecule has 1 aromatic heterocycles. The Morgan fingerprint density at radius 1 is 1.11 bits per heavy atom. The van der Waals surface area contributed by atoms with Crippen molar-refractivity contribution in [2.24, 2.45) is 0 Å². The molecule has 1 heterocycles. The molecule has 0 saturated heterocycles. The Kier molecular flexibility index (Phi) is 5.34. The van der Waals surface area contributed by atoms with E-state index in [1.807, 2.05) is 12.4 Å². The zero-order valence-electron chi connectivity index (χ0n) is 12.0. The zero-order valence-corrected chi connectivity index (χ0v) is 12.0. The van der Waals surface area contributed by atoms with Crippen molar-refractivity contribution < 1.29 is 0 Å². The molecule has 1 unspecified atom stereocenters. The number of aryl methyl sites for hydroxylation is 1. The van der Waals surface area contributed by atoms with Crippen LogP contribution < -0.4 is 5.32 Å². The molecular formula is C17H24N2. The molecule has 0 aliphatic carbocycles. The Labute approximate surface area is 116 Å². The van der Waals surface area contributed by atoms with E-state index >= 15 is 0 Å².